The molecular formula is C25H37N3O4. The van der Waals surface area contributed by atoms with Crippen molar-refractivity contribution in [2.75, 3.05) is 39.3 Å². The van der Waals surface area contributed by atoms with Crippen LogP contribution in [0.4, 0.5) is 0 Å². The molecule has 3 rings (SSSR count). The molecule has 2 aliphatic rings. The van der Waals surface area contributed by atoms with Crippen molar-refractivity contribution in [3.63, 3.8) is 0 Å². The van der Waals surface area contributed by atoms with Gasteiger partial charge in [-0.1, -0.05) is 20.3 Å². The van der Waals surface area contributed by atoms with Crippen LogP contribution in [0.3, 0.4) is 0 Å². The van der Waals surface area contributed by atoms with Crippen molar-refractivity contribution in [1.82, 2.24) is 15.1 Å². The van der Waals surface area contributed by atoms with Gasteiger partial charge in [0.15, 0.2) is 0 Å². The molecule has 1 atom stereocenters. The molecule has 0 bridgehead atoms. The van der Waals surface area contributed by atoms with E-state index in [0.29, 0.717) is 44.0 Å². The largest absolute Gasteiger partial charge is 0.494 e. The Morgan fingerprint density at radius 3 is 2.41 bits per heavy atom. The zero-order valence-corrected chi connectivity index (χ0v) is 19.5. The fourth-order valence-corrected chi connectivity index (χ4v) is 4.43. The van der Waals surface area contributed by atoms with Crippen molar-refractivity contribution < 1.29 is 19.1 Å². The lowest BCUT2D eigenvalue weighted by molar-refractivity contribution is -0.141. The van der Waals surface area contributed by atoms with Crippen molar-refractivity contribution in [3.05, 3.63) is 29.8 Å². The number of carbonyl (C=O) groups excluding carboxylic acids is 3. The van der Waals surface area contributed by atoms with Crippen LogP contribution >= 0.6 is 0 Å². The fraction of sp³-hybridized carbons (Fsp3) is 0.640. The summed E-state index contributed by atoms with van der Waals surface area (Å²) in [6.07, 6.45) is 5.73. The van der Waals surface area contributed by atoms with Crippen LogP contribution in [-0.4, -0.2) is 66.9 Å². The van der Waals surface area contributed by atoms with Crippen molar-refractivity contribution in [2.45, 2.75) is 52.4 Å². The highest BCUT2D eigenvalue weighted by atomic mass is 16.5. The SMILES string of the molecule is CCCCOc1ccc(C(=O)NCC(=O)N2CCC(C(=O)N3CCCC(C)C3)CC2)cc1. The zero-order chi connectivity index (χ0) is 22.9. The van der Waals surface area contributed by atoms with E-state index in [2.05, 4.69) is 19.2 Å². The fourth-order valence-electron chi connectivity index (χ4n) is 4.43. The third kappa shape index (κ3) is 6.71. The molecule has 0 spiro atoms. The summed E-state index contributed by atoms with van der Waals surface area (Å²) in [5.41, 5.74) is 0.501. The average Bonchev–Trinajstić information content (AvgIpc) is 2.82. The number of nitrogens with one attached hydrogen (secondary N) is 1. The molecule has 2 aliphatic heterocycles. The Balaban J connectivity index is 1.39. The number of piperidine rings is 2. The van der Waals surface area contributed by atoms with Crippen LogP contribution in [0.25, 0.3) is 0 Å². The van der Waals surface area contributed by atoms with Crippen molar-refractivity contribution in [3.8, 4) is 5.75 Å². The van der Waals surface area contributed by atoms with E-state index in [4.69, 9.17) is 4.74 Å². The maximum Gasteiger partial charge on any atom is 0.251 e. The van der Waals surface area contributed by atoms with Gasteiger partial charge in [-0.05, 0) is 62.3 Å². The number of hydrogen-bond acceptors (Lipinski definition) is 4. The van der Waals surface area contributed by atoms with Gasteiger partial charge in [-0.3, -0.25) is 14.4 Å². The van der Waals surface area contributed by atoms with Crippen LogP contribution in [0.1, 0.15) is 62.7 Å². The maximum atomic E-state index is 12.8. The van der Waals surface area contributed by atoms with Gasteiger partial charge in [-0.25, -0.2) is 0 Å². The van der Waals surface area contributed by atoms with E-state index in [0.717, 1.165) is 38.1 Å². The minimum atomic E-state index is -0.275. The number of unbranched alkanes of at least 4 members (excludes halogenated alkanes) is 1. The predicted molar refractivity (Wildman–Crippen MR) is 123 cm³/mol. The maximum absolute atomic E-state index is 12.8. The van der Waals surface area contributed by atoms with Crippen molar-refractivity contribution in [1.29, 1.82) is 0 Å². The summed E-state index contributed by atoms with van der Waals surface area (Å²) in [5.74, 6) is 1.19. The molecule has 1 unspecified atom stereocenters. The van der Waals surface area contributed by atoms with Crippen molar-refractivity contribution in [2.24, 2.45) is 11.8 Å². The third-order valence-corrected chi connectivity index (χ3v) is 6.45. The highest BCUT2D eigenvalue weighted by Gasteiger charge is 2.31. The molecule has 2 fully saturated rings. The molecule has 0 saturated carbocycles. The first-order chi connectivity index (χ1) is 15.5. The summed E-state index contributed by atoms with van der Waals surface area (Å²) in [6.45, 7) is 7.79. The van der Waals surface area contributed by atoms with Gasteiger partial charge in [0.2, 0.25) is 11.8 Å². The first-order valence-electron chi connectivity index (χ1n) is 12.1. The Labute approximate surface area is 191 Å². The number of amides is 3. The molecule has 2 saturated heterocycles. The van der Waals surface area contributed by atoms with Crippen LogP contribution in [0.2, 0.25) is 0 Å². The Kier molecular flexibility index (Phi) is 8.94. The number of rotatable bonds is 8. The quantitative estimate of drug-likeness (QED) is 0.626. The lowest BCUT2D eigenvalue weighted by Crippen LogP contribution is -2.48. The standard InChI is InChI=1S/C25H37N3O4/c1-3-4-16-32-22-9-7-20(8-10-22)24(30)26-17-23(29)27-14-11-21(12-15-27)25(31)28-13-5-6-19(2)18-28/h7-10,19,21H,3-6,11-18H2,1-2H3,(H,26,30). The molecule has 7 nitrogen and oxygen atoms in total. The van der Waals surface area contributed by atoms with Gasteiger partial charge in [0.25, 0.3) is 5.91 Å². The smallest absolute Gasteiger partial charge is 0.251 e. The minimum Gasteiger partial charge on any atom is -0.494 e. The number of hydrogen-bond donors (Lipinski definition) is 1. The Morgan fingerprint density at radius 2 is 1.75 bits per heavy atom. The molecular weight excluding hydrogens is 406 g/mol. The lowest BCUT2D eigenvalue weighted by Gasteiger charge is -2.37. The molecule has 1 N–H and O–H groups in total. The highest BCUT2D eigenvalue weighted by molar-refractivity contribution is 5.96. The van der Waals surface area contributed by atoms with E-state index >= 15 is 0 Å². The van der Waals surface area contributed by atoms with Gasteiger partial charge in [0, 0.05) is 37.7 Å². The third-order valence-electron chi connectivity index (χ3n) is 6.45. The molecule has 7 heteroatoms. The van der Waals surface area contributed by atoms with Crippen LogP contribution in [-0.2, 0) is 9.59 Å². The van der Waals surface area contributed by atoms with E-state index in [1.807, 2.05) is 4.90 Å². The Morgan fingerprint density at radius 1 is 1.03 bits per heavy atom. The van der Waals surface area contributed by atoms with E-state index < -0.39 is 0 Å². The van der Waals surface area contributed by atoms with Gasteiger partial charge < -0.3 is 19.9 Å². The van der Waals surface area contributed by atoms with Crippen LogP contribution in [0.5, 0.6) is 5.75 Å². The number of ether oxygens (including phenoxy) is 1. The van der Waals surface area contributed by atoms with E-state index in [-0.39, 0.29) is 30.2 Å². The second-order valence-electron chi connectivity index (χ2n) is 9.10. The molecule has 0 aliphatic carbocycles. The first kappa shape index (κ1) is 24.1. The predicted octanol–water partition coefficient (Wildman–Crippen LogP) is 3.09. The summed E-state index contributed by atoms with van der Waals surface area (Å²) in [7, 11) is 0. The minimum absolute atomic E-state index is 0.0111. The van der Waals surface area contributed by atoms with Crippen molar-refractivity contribution >= 4 is 17.7 Å². The first-order valence-corrected chi connectivity index (χ1v) is 12.1. The summed E-state index contributed by atoms with van der Waals surface area (Å²) in [6, 6.07) is 6.97. The second kappa shape index (κ2) is 11.9. The monoisotopic (exact) mass is 443 g/mol. The van der Waals surface area contributed by atoms with Crippen LogP contribution in [0.15, 0.2) is 24.3 Å². The van der Waals surface area contributed by atoms with Gasteiger partial charge in [0.1, 0.15) is 5.75 Å². The molecule has 0 aromatic heterocycles. The Hall–Kier alpha value is -2.57. The summed E-state index contributed by atoms with van der Waals surface area (Å²) in [5, 5.41) is 2.71. The lowest BCUT2D eigenvalue weighted by atomic mass is 9.92. The molecule has 1 aromatic carbocycles. The summed E-state index contributed by atoms with van der Waals surface area (Å²) < 4.78 is 5.61. The second-order valence-corrected chi connectivity index (χ2v) is 9.10. The van der Waals surface area contributed by atoms with Crippen LogP contribution in [0, 0.1) is 11.8 Å². The van der Waals surface area contributed by atoms with E-state index in [9.17, 15) is 14.4 Å². The van der Waals surface area contributed by atoms with Gasteiger partial charge in [0.05, 0.1) is 13.2 Å². The van der Waals surface area contributed by atoms with Gasteiger partial charge in [-0.15, -0.1) is 0 Å². The average molecular weight is 444 g/mol. The zero-order valence-electron chi connectivity index (χ0n) is 19.5. The summed E-state index contributed by atoms with van der Waals surface area (Å²) in [4.78, 5) is 41.5. The van der Waals surface area contributed by atoms with Gasteiger partial charge >= 0.3 is 0 Å². The van der Waals surface area contributed by atoms with E-state index in [1.165, 1.54) is 6.42 Å². The highest BCUT2D eigenvalue weighted by Crippen LogP contribution is 2.23. The molecule has 3 amide bonds. The molecule has 1 aromatic rings. The Bertz CT molecular complexity index is 772. The van der Waals surface area contributed by atoms with Gasteiger partial charge in [-0.2, -0.15) is 0 Å². The van der Waals surface area contributed by atoms with Crippen LogP contribution < -0.4 is 10.1 Å². The summed E-state index contributed by atoms with van der Waals surface area (Å²) >= 11 is 0. The molecule has 32 heavy (non-hydrogen) atoms. The number of carbonyl (C=O) groups is 3. The number of likely N-dealkylation sites (tertiary alicyclic amines) is 2. The number of benzene rings is 1. The molecule has 0 radical (unpaired) electrons. The molecule has 2 heterocycles. The normalized spacial score (nSPS) is 19.5. The topological polar surface area (TPSA) is 79.0 Å². The van der Waals surface area contributed by atoms with E-state index in [1.54, 1.807) is 29.2 Å². The number of nitrogens with zero attached hydrogens (tertiary/aromatic N) is 2. The molecule has 176 valence electrons.